The molecule has 2 unspecified atom stereocenters. The fourth-order valence-corrected chi connectivity index (χ4v) is 2.04. The van der Waals surface area contributed by atoms with E-state index in [0.29, 0.717) is 12.1 Å². The molecule has 0 saturated heterocycles. The summed E-state index contributed by atoms with van der Waals surface area (Å²) in [5.41, 5.74) is 1.27. The molecule has 0 aliphatic rings. The fraction of sp³-hybridized carbons (Fsp3) is 0.600. The highest BCUT2D eigenvalue weighted by atomic mass is 35.5. The third-order valence-corrected chi connectivity index (χ3v) is 3.80. The van der Waals surface area contributed by atoms with Gasteiger partial charge in [-0.3, -0.25) is 4.90 Å². The molecule has 2 atom stereocenters. The molecule has 0 fully saturated rings. The molecule has 1 N–H and O–H groups in total. The molecule has 0 heterocycles. The molecule has 0 aliphatic carbocycles. The van der Waals surface area contributed by atoms with Crippen LogP contribution in [0.15, 0.2) is 24.3 Å². The lowest BCUT2D eigenvalue weighted by Gasteiger charge is -2.26. The van der Waals surface area contributed by atoms with E-state index in [-0.39, 0.29) is 0 Å². The Hall–Kier alpha value is -0.570. The van der Waals surface area contributed by atoms with E-state index in [0.717, 1.165) is 18.1 Å². The topological polar surface area (TPSA) is 15.3 Å². The van der Waals surface area contributed by atoms with Crippen molar-refractivity contribution < 1.29 is 0 Å². The maximum atomic E-state index is 6.03. The van der Waals surface area contributed by atoms with E-state index in [1.54, 1.807) is 0 Å². The van der Waals surface area contributed by atoms with Gasteiger partial charge in [-0.15, -0.1) is 0 Å². The molecule has 0 spiro atoms. The van der Waals surface area contributed by atoms with Crippen LogP contribution in [0.5, 0.6) is 0 Å². The molecule has 0 aromatic heterocycles. The first kappa shape index (κ1) is 15.5. The van der Waals surface area contributed by atoms with Gasteiger partial charge in [0.05, 0.1) is 0 Å². The van der Waals surface area contributed by atoms with Crippen LogP contribution in [-0.4, -0.2) is 31.1 Å². The van der Waals surface area contributed by atoms with Gasteiger partial charge in [0.15, 0.2) is 0 Å². The van der Waals surface area contributed by atoms with Gasteiger partial charge in [0.2, 0.25) is 0 Å². The average molecular weight is 269 g/mol. The van der Waals surface area contributed by atoms with Gasteiger partial charge < -0.3 is 5.32 Å². The Morgan fingerprint density at radius 2 is 2.06 bits per heavy atom. The van der Waals surface area contributed by atoms with Crippen LogP contribution < -0.4 is 5.32 Å². The minimum absolute atomic E-state index is 0.391. The van der Waals surface area contributed by atoms with Crippen molar-refractivity contribution in [3.8, 4) is 0 Å². The van der Waals surface area contributed by atoms with E-state index in [1.807, 2.05) is 18.2 Å². The molecule has 0 amide bonds. The van der Waals surface area contributed by atoms with Gasteiger partial charge in [0.25, 0.3) is 0 Å². The third-order valence-electron chi connectivity index (χ3n) is 3.56. The highest BCUT2D eigenvalue weighted by Crippen LogP contribution is 2.21. The Labute approximate surface area is 116 Å². The first-order chi connectivity index (χ1) is 8.54. The van der Waals surface area contributed by atoms with Gasteiger partial charge in [-0.05, 0) is 45.0 Å². The SMILES string of the molecule is CCC(C)NCCN(C)C(C)c1cccc(Cl)c1. The molecular weight excluding hydrogens is 244 g/mol. The van der Waals surface area contributed by atoms with E-state index in [9.17, 15) is 0 Å². The van der Waals surface area contributed by atoms with E-state index in [1.165, 1.54) is 12.0 Å². The van der Waals surface area contributed by atoms with Crippen molar-refractivity contribution in [1.82, 2.24) is 10.2 Å². The minimum atomic E-state index is 0.391. The van der Waals surface area contributed by atoms with E-state index < -0.39 is 0 Å². The van der Waals surface area contributed by atoms with Gasteiger partial charge in [-0.2, -0.15) is 0 Å². The van der Waals surface area contributed by atoms with Crippen molar-refractivity contribution in [2.45, 2.75) is 39.3 Å². The zero-order chi connectivity index (χ0) is 13.5. The van der Waals surface area contributed by atoms with Crippen LogP contribution in [0.25, 0.3) is 0 Å². The standard InChI is InChI=1S/C15H25ClN2/c1-5-12(2)17-9-10-18(4)13(3)14-7-6-8-15(16)11-14/h6-8,11-13,17H,5,9-10H2,1-4H3. The molecule has 0 radical (unpaired) electrons. The maximum Gasteiger partial charge on any atom is 0.0409 e. The van der Waals surface area contributed by atoms with Crippen LogP contribution in [-0.2, 0) is 0 Å². The maximum absolute atomic E-state index is 6.03. The number of benzene rings is 1. The first-order valence-corrected chi connectivity index (χ1v) is 7.11. The van der Waals surface area contributed by atoms with Crippen molar-refractivity contribution in [2.24, 2.45) is 0 Å². The van der Waals surface area contributed by atoms with E-state index in [4.69, 9.17) is 11.6 Å². The Balaban J connectivity index is 2.44. The summed E-state index contributed by atoms with van der Waals surface area (Å²) in [4.78, 5) is 2.35. The highest BCUT2D eigenvalue weighted by Gasteiger charge is 2.11. The predicted molar refractivity (Wildman–Crippen MR) is 80.3 cm³/mol. The van der Waals surface area contributed by atoms with Gasteiger partial charge in [-0.25, -0.2) is 0 Å². The monoisotopic (exact) mass is 268 g/mol. The molecule has 0 saturated carbocycles. The summed E-state index contributed by atoms with van der Waals surface area (Å²) in [6, 6.07) is 9.10. The zero-order valence-corrected chi connectivity index (χ0v) is 12.7. The zero-order valence-electron chi connectivity index (χ0n) is 11.9. The summed E-state index contributed by atoms with van der Waals surface area (Å²) < 4.78 is 0. The second-order valence-electron chi connectivity index (χ2n) is 4.98. The number of rotatable bonds is 7. The van der Waals surface area contributed by atoms with Crippen molar-refractivity contribution in [1.29, 1.82) is 0 Å². The van der Waals surface area contributed by atoms with E-state index >= 15 is 0 Å². The lowest BCUT2D eigenvalue weighted by Crippen LogP contribution is -2.35. The molecular formula is C15H25ClN2. The molecule has 102 valence electrons. The molecule has 1 aromatic carbocycles. The van der Waals surface area contributed by atoms with Gasteiger partial charge >= 0.3 is 0 Å². The Bertz CT molecular complexity index is 354. The summed E-state index contributed by atoms with van der Waals surface area (Å²) >= 11 is 6.03. The largest absolute Gasteiger partial charge is 0.313 e. The summed E-state index contributed by atoms with van der Waals surface area (Å²) in [7, 11) is 2.16. The number of hydrogen-bond donors (Lipinski definition) is 1. The van der Waals surface area contributed by atoms with Crippen molar-refractivity contribution >= 4 is 11.6 Å². The lowest BCUT2D eigenvalue weighted by atomic mass is 10.1. The number of hydrogen-bond acceptors (Lipinski definition) is 2. The quantitative estimate of drug-likeness (QED) is 0.811. The molecule has 18 heavy (non-hydrogen) atoms. The Morgan fingerprint density at radius 1 is 1.33 bits per heavy atom. The van der Waals surface area contributed by atoms with Crippen LogP contribution in [0.1, 0.15) is 38.8 Å². The number of nitrogens with one attached hydrogen (secondary N) is 1. The third kappa shape index (κ3) is 4.97. The highest BCUT2D eigenvalue weighted by molar-refractivity contribution is 6.30. The van der Waals surface area contributed by atoms with Crippen molar-refractivity contribution in [3.63, 3.8) is 0 Å². The lowest BCUT2D eigenvalue weighted by molar-refractivity contribution is 0.257. The summed E-state index contributed by atoms with van der Waals surface area (Å²) in [6.45, 7) is 8.71. The Morgan fingerprint density at radius 3 is 2.67 bits per heavy atom. The molecule has 1 rings (SSSR count). The fourth-order valence-electron chi connectivity index (χ4n) is 1.85. The first-order valence-electron chi connectivity index (χ1n) is 6.73. The van der Waals surface area contributed by atoms with Crippen LogP contribution in [0, 0.1) is 0 Å². The van der Waals surface area contributed by atoms with Crippen LogP contribution in [0.2, 0.25) is 5.02 Å². The van der Waals surface area contributed by atoms with Crippen LogP contribution in [0.3, 0.4) is 0 Å². The van der Waals surface area contributed by atoms with Gasteiger partial charge in [0, 0.05) is 30.2 Å². The van der Waals surface area contributed by atoms with Crippen LogP contribution in [0.4, 0.5) is 0 Å². The van der Waals surface area contributed by atoms with E-state index in [2.05, 4.69) is 44.1 Å². The molecule has 2 nitrogen and oxygen atoms in total. The molecule has 1 aromatic rings. The van der Waals surface area contributed by atoms with Gasteiger partial charge in [-0.1, -0.05) is 30.7 Å². The normalized spacial score (nSPS) is 14.8. The second kappa shape index (κ2) is 7.78. The van der Waals surface area contributed by atoms with Crippen LogP contribution >= 0.6 is 11.6 Å². The summed E-state index contributed by atoms with van der Waals surface area (Å²) in [5, 5.41) is 4.32. The number of halogens is 1. The Kier molecular flexibility index (Phi) is 6.69. The smallest absolute Gasteiger partial charge is 0.0409 e. The summed E-state index contributed by atoms with van der Waals surface area (Å²) in [5.74, 6) is 0. The van der Waals surface area contributed by atoms with Crippen molar-refractivity contribution in [2.75, 3.05) is 20.1 Å². The average Bonchev–Trinajstić information content (AvgIpc) is 2.37. The minimum Gasteiger partial charge on any atom is -0.313 e. The van der Waals surface area contributed by atoms with Crippen molar-refractivity contribution in [3.05, 3.63) is 34.9 Å². The molecule has 0 aliphatic heterocycles. The number of likely N-dealkylation sites (N-methyl/N-ethyl adjacent to an activating group) is 1. The number of nitrogens with zero attached hydrogens (tertiary/aromatic N) is 1. The van der Waals surface area contributed by atoms with Gasteiger partial charge in [0.1, 0.15) is 0 Å². The summed E-state index contributed by atoms with van der Waals surface area (Å²) in [6.07, 6.45) is 1.17. The molecule has 0 bridgehead atoms. The molecule has 3 heteroatoms. The predicted octanol–water partition coefficient (Wildman–Crippen LogP) is 3.72. The second-order valence-corrected chi connectivity index (χ2v) is 5.41.